The van der Waals surface area contributed by atoms with E-state index in [0.29, 0.717) is 13.0 Å². The molecule has 1 aromatic carbocycles. The van der Waals surface area contributed by atoms with Gasteiger partial charge in [-0.3, -0.25) is 9.48 Å². The van der Waals surface area contributed by atoms with E-state index in [0.717, 1.165) is 18.5 Å². The number of aryl methyl sites for hydroxylation is 1. The predicted octanol–water partition coefficient (Wildman–Crippen LogP) is 2.50. The Bertz CT molecular complexity index is 634. The van der Waals surface area contributed by atoms with E-state index in [1.165, 1.54) is 5.56 Å². The first kappa shape index (κ1) is 13.9. The van der Waals surface area contributed by atoms with Crippen molar-refractivity contribution in [3.63, 3.8) is 0 Å². The molecular weight excluding hydrogens is 262 g/mol. The van der Waals surface area contributed by atoms with Crippen LogP contribution in [0.3, 0.4) is 0 Å². The summed E-state index contributed by atoms with van der Waals surface area (Å²) in [6, 6.07) is 10.5. The van der Waals surface area contributed by atoms with Crippen molar-refractivity contribution in [3.8, 4) is 0 Å². The van der Waals surface area contributed by atoms with Crippen molar-refractivity contribution in [2.45, 2.75) is 31.7 Å². The number of nitrogens with zero attached hydrogens (tertiary/aromatic N) is 3. The van der Waals surface area contributed by atoms with Crippen molar-refractivity contribution < 1.29 is 4.79 Å². The van der Waals surface area contributed by atoms with Gasteiger partial charge in [-0.1, -0.05) is 37.3 Å². The summed E-state index contributed by atoms with van der Waals surface area (Å²) < 4.78 is 1.78. The summed E-state index contributed by atoms with van der Waals surface area (Å²) in [5.41, 5.74) is 2.44. The van der Waals surface area contributed by atoms with Crippen LogP contribution in [-0.2, 0) is 23.8 Å². The van der Waals surface area contributed by atoms with Crippen molar-refractivity contribution in [1.29, 1.82) is 0 Å². The van der Waals surface area contributed by atoms with Crippen LogP contribution in [0.25, 0.3) is 0 Å². The molecule has 1 amide bonds. The number of carbonyl (C=O) groups excluding carboxylic acids is 1. The molecule has 0 spiro atoms. The van der Waals surface area contributed by atoms with Gasteiger partial charge >= 0.3 is 0 Å². The maximum absolute atomic E-state index is 12.2. The fourth-order valence-electron chi connectivity index (χ4n) is 3.12. The molecule has 1 aliphatic heterocycles. The van der Waals surface area contributed by atoms with E-state index in [9.17, 15) is 4.79 Å². The molecule has 4 heteroatoms. The molecule has 2 aromatic rings. The molecule has 2 heterocycles. The minimum atomic E-state index is 0.0391. The van der Waals surface area contributed by atoms with Crippen LogP contribution in [0, 0.1) is 0 Å². The van der Waals surface area contributed by atoms with Crippen molar-refractivity contribution in [3.05, 3.63) is 53.9 Å². The van der Waals surface area contributed by atoms with Gasteiger partial charge in [0, 0.05) is 43.7 Å². The van der Waals surface area contributed by atoms with E-state index >= 15 is 0 Å². The highest BCUT2D eigenvalue weighted by molar-refractivity contribution is 5.77. The first-order chi connectivity index (χ1) is 10.1. The summed E-state index contributed by atoms with van der Waals surface area (Å²) in [7, 11) is 1.90. The largest absolute Gasteiger partial charge is 0.337 e. The Morgan fingerprint density at radius 2 is 2.05 bits per heavy atom. The van der Waals surface area contributed by atoms with Gasteiger partial charge in [0.1, 0.15) is 0 Å². The Morgan fingerprint density at radius 1 is 1.29 bits per heavy atom. The van der Waals surface area contributed by atoms with Gasteiger partial charge in [-0.25, -0.2) is 0 Å². The predicted molar refractivity (Wildman–Crippen MR) is 81.7 cm³/mol. The van der Waals surface area contributed by atoms with Crippen LogP contribution in [0.4, 0.5) is 0 Å². The van der Waals surface area contributed by atoms with Gasteiger partial charge in [-0.2, -0.15) is 5.10 Å². The number of hydrogen-bond donors (Lipinski definition) is 0. The SMILES string of the molecule is Cn1cc(CN2CC(C)(c3ccccc3)CCC2=O)cn1. The molecule has 1 aromatic heterocycles. The van der Waals surface area contributed by atoms with Crippen LogP contribution in [0.15, 0.2) is 42.7 Å². The highest BCUT2D eigenvalue weighted by Gasteiger charge is 2.36. The molecule has 110 valence electrons. The van der Waals surface area contributed by atoms with Gasteiger partial charge in [-0.05, 0) is 12.0 Å². The summed E-state index contributed by atoms with van der Waals surface area (Å²) in [6.07, 6.45) is 5.34. The van der Waals surface area contributed by atoms with Gasteiger partial charge in [-0.15, -0.1) is 0 Å². The third-order valence-electron chi connectivity index (χ3n) is 4.39. The molecule has 1 saturated heterocycles. The molecule has 1 unspecified atom stereocenters. The third-order valence-corrected chi connectivity index (χ3v) is 4.39. The number of piperidine rings is 1. The summed E-state index contributed by atoms with van der Waals surface area (Å²) in [4.78, 5) is 14.2. The number of carbonyl (C=O) groups is 1. The van der Waals surface area contributed by atoms with Crippen molar-refractivity contribution >= 4 is 5.91 Å². The summed E-state index contributed by atoms with van der Waals surface area (Å²) in [5, 5.41) is 4.18. The van der Waals surface area contributed by atoms with E-state index in [-0.39, 0.29) is 11.3 Å². The van der Waals surface area contributed by atoms with E-state index < -0.39 is 0 Å². The Kier molecular flexibility index (Phi) is 3.53. The highest BCUT2D eigenvalue weighted by atomic mass is 16.2. The number of benzene rings is 1. The van der Waals surface area contributed by atoms with Gasteiger partial charge in [0.25, 0.3) is 0 Å². The number of rotatable bonds is 3. The molecule has 0 saturated carbocycles. The number of aromatic nitrogens is 2. The zero-order chi connectivity index (χ0) is 14.9. The summed E-state index contributed by atoms with van der Waals surface area (Å²) in [5.74, 6) is 0.243. The molecule has 1 atom stereocenters. The van der Waals surface area contributed by atoms with Crippen LogP contribution in [-0.4, -0.2) is 27.1 Å². The topological polar surface area (TPSA) is 38.1 Å². The second-order valence-corrected chi connectivity index (χ2v) is 6.20. The van der Waals surface area contributed by atoms with Crippen molar-refractivity contribution in [2.75, 3.05) is 6.54 Å². The molecule has 0 aliphatic carbocycles. The molecule has 4 nitrogen and oxygen atoms in total. The molecule has 0 bridgehead atoms. The van der Waals surface area contributed by atoms with Crippen LogP contribution in [0.5, 0.6) is 0 Å². The fraction of sp³-hybridized carbons (Fsp3) is 0.412. The minimum absolute atomic E-state index is 0.0391. The summed E-state index contributed by atoms with van der Waals surface area (Å²) in [6.45, 7) is 3.67. The van der Waals surface area contributed by atoms with Gasteiger partial charge in [0.2, 0.25) is 5.91 Å². The Labute approximate surface area is 125 Å². The molecule has 1 fully saturated rings. The Morgan fingerprint density at radius 3 is 2.71 bits per heavy atom. The molecule has 21 heavy (non-hydrogen) atoms. The van der Waals surface area contributed by atoms with E-state index in [2.05, 4.69) is 36.3 Å². The van der Waals surface area contributed by atoms with Crippen LogP contribution >= 0.6 is 0 Å². The first-order valence-corrected chi connectivity index (χ1v) is 7.38. The van der Waals surface area contributed by atoms with Crippen LogP contribution in [0.2, 0.25) is 0 Å². The lowest BCUT2D eigenvalue weighted by molar-refractivity contribution is -0.136. The van der Waals surface area contributed by atoms with E-state index in [1.807, 2.05) is 30.4 Å². The zero-order valence-corrected chi connectivity index (χ0v) is 12.6. The second-order valence-electron chi connectivity index (χ2n) is 6.20. The van der Waals surface area contributed by atoms with Crippen molar-refractivity contribution in [1.82, 2.24) is 14.7 Å². The number of amides is 1. The normalized spacial score (nSPS) is 22.6. The summed E-state index contributed by atoms with van der Waals surface area (Å²) >= 11 is 0. The molecule has 0 N–H and O–H groups in total. The molecular formula is C17H21N3O. The third kappa shape index (κ3) is 2.84. The van der Waals surface area contributed by atoms with Gasteiger partial charge in [0.05, 0.1) is 6.20 Å². The fourth-order valence-corrected chi connectivity index (χ4v) is 3.12. The Balaban J connectivity index is 1.80. The van der Waals surface area contributed by atoms with E-state index in [4.69, 9.17) is 0 Å². The van der Waals surface area contributed by atoms with Gasteiger partial charge < -0.3 is 4.90 Å². The average Bonchev–Trinajstić information content (AvgIpc) is 2.89. The lowest BCUT2D eigenvalue weighted by Gasteiger charge is -2.40. The first-order valence-electron chi connectivity index (χ1n) is 7.38. The standard InChI is InChI=1S/C17H21N3O/c1-17(15-6-4-3-5-7-15)9-8-16(21)20(13-17)12-14-10-18-19(2)11-14/h3-7,10-11H,8-9,12-13H2,1-2H3. The highest BCUT2D eigenvalue weighted by Crippen LogP contribution is 2.34. The average molecular weight is 283 g/mol. The van der Waals surface area contributed by atoms with Gasteiger partial charge in [0.15, 0.2) is 0 Å². The van der Waals surface area contributed by atoms with Crippen molar-refractivity contribution in [2.24, 2.45) is 7.05 Å². The maximum atomic E-state index is 12.2. The number of likely N-dealkylation sites (tertiary alicyclic amines) is 1. The van der Waals surface area contributed by atoms with Crippen LogP contribution in [0.1, 0.15) is 30.9 Å². The number of hydrogen-bond acceptors (Lipinski definition) is 2. The zero-order valence-electron chi connectivity index (χ0n) is 12.6. The second kappa shape index (κ2) is 5.35. The Hall–Kier alpha value is -2.10. The van der Waals surface area contributed by atoms with E-state index in [1.54, 1.807) is 4.68 Å². The smallest absolute Gasteiger partial charge is 0.222 e. The minimum Gasteiger partial charge on any atom is -0.337 e. The lowest BCUT2D eigenvalue weighted by atomic mass is 9.75. The molecule has 3 rings (SSSR count). The lowest BCUT2D eigenvalue weighted by Crippen LogP contribution is -2.46. The molecule has 1 aliphatic rings. The molecule has 0 radical (unpaired) electrons. The maximum Gasteiger partial charge on any atom is 0.222 e. The quantitative estimate of drug-likeness (QED) is 0.868. The van der Waals surface area contributed by atoms with Crippen LogP contribution < -0.4 is 0 Å². The monoisotopic (exact) mass is 283 g/mol.